The molecule has 0 aromatic carbocycles. The normalized spacial score (nSPS) is 19.2. The molecule has 2 amide bonds. The number of urea groups is 1. The average molecular weight is 264 g/mol. The Balaban J connectivity index is 2.36. The predicted molar refractivity (Wildman–Crippen MR) is 67.0 cm³/mol. The van der Waals surface area contributed by atoms with Gasteiger partial charge in [0.25, 0.3) is 0 Å². The summed E-state index contributed by atoms with van der Waals surface area (Å²) in [5, 5.41) is 5.21. The van der Waals surface area contributed by atoms with Gasteiger partial charge in [-0.15, -0.1) is 0 Å². The van der Waals surface area contributed by atoms with Crippen LogP contribution in [0.3, 0.4) is 0 Å². The molecule has 2 heterocycles. The SMILES string of the molecule is CC1=C(C(=O)OC(C)C)[C@@H](c2ccco2)NC(=O)N1. The van der Waals surface area contributed by atoms with E-state index in [1.54, 1.807) is 32.9 Å². The van der Waals surface area contributed by atoms with Crippen molar-refractivity contribution >= 4 is 12.0 Å². The average Bonchev–Trinajstić information content (AvgIpc) is 2.79. The minimum absolute atomic E-state index is 0.234. The van der Waals surface area contributed by atoms with Crippen LogP contribution in [-0.2, 0) is 9.53 Å². The second-order valence-corrected chi connectivity index (χ2v) is 4.54. The number of amides is 2. The molecule has 6 nitrogen and oxygen atoms in total. The highest BCUT2D eigenvalue weighted by molar-refractivity contribution is 5.94. The van der Waals surface area contributed by atoms with Gasteiger partial charge in [0, 0.05) is 5.70 Å². The van der Waals surface area contributed by atoms with Crippen molar-refractivity contribution in [1.82, 2.24) is 10.6 Å². The van der Waals surface area contributed by atoms with E-state index in [1.807, 2.05) is 0 Å². The molecule has 0 spiro atoms. The zero-order chi connectivity index (χ0) is 14.0. The molecule has 1 aliphatic heterocycles. The summed E-state index contributed by atoms with van der Waals surface area (Å²) < 4.78 is 10.5. The van der Waals surface area contributed by atoms with Gasteiger partial charge in [-0.05, 0) is 32.9 Å². The minimum atomic E-state index is -0.630. The third-order valence-electron chi connectivity index (χ3n) is 2.66. The number of ether oxygens (including phenoxy) is 1. The zero-order valence-corrected chi connectivity index (χ0v) is 11.0. The monoisotopic (exact) mass is 264 g/mol. The van der Waals surface area contributed by atoms with E-state index < -0.39 is 12.0 Å². The Morgan fingerprint density at radius 1 is 1.47 bits per heavy atom. The molecule has 0 aliphatic carbocycles. The van der Waals surface area contributed by atoms with Gasteiger partial charge in [-0.3, -0.25) is 0 Å². The molecule has 1 aromatic rings. The molecule has 0 fully saturated rings. The first-order valence-electron chi connectivity index (χ1n) is 6.01. The van der Waals surface area contributed by atoms with Gasteiger partial charge >= 0.3 is 12.0 Å². The lowest BCUT2D eigenvalue weighted by molar-refractivity contribution is -0.143. The Kier molecular flexibility index (Phi) is 3.59. The topological polar surface area (TPSA) is 80.6 Å². The maximum absolute atomic E-state index is 12.1. The quantitative estimate of drug-likeness (QED) is 0.816. The summed E-state index contributed by atoms with van der Waals surface area (Å²) in [6.45, 7) is 5.20. The number of carbonyl (C=O) groups is 2. The first-order valence-corrected chi connectivity index (χ1v) is 6.01. The lowest BCUT2D eigenvalue weighted by Gasteiger charge is -2.26. The maximum Gasteiger partial charge on any atom is 0.338 e. The van der Waals surface area contributed by atoms with Crippen molar-refractivity contribution in [2.75, 3.05) is 0 Å². The molecule has 0 bridgehead atoms. The Hall–Kier alpha value is -2.24. The molecule has 6 heteroatoms. The van der Waals surface area contributed by atoms with Crippen LogP contribution in [0.1, 0.15) is 32.6 Å². The highest BCUT2D eigenvalue weighted by atomic mass is 16.5. The maximum atomic E-state index is 12.1. The Bertz CT molecular complexity index is 517. The van der Waals surface area contributed by atoms with Gasteiger partial charge in [-0.1, -0.05) is 0 Å². The summed E-state index contributed by atoms with van der Waals surface area (Å²) in [6, 6.07) is 2.39. The molecule has 1 aliphatic rings. The van der Waals surface area contributed by atoms with E-state index in [9.17, 15) is 9.59 Å². The lowest BCUT2D eigenvalue weighted by atomic mass is 10.0. The molecule has 0 radical (unpaired) electrons. The van der Waals surface area contributed by atoms with Gasteiger partial charge in [0.15, 0.2) is 0 Å². The van der Waals surface area contributed by atoms with Gasteiger partial charge in [-0.25, -0.2) is 9.59 Å². The fraction of sp³-hybridized carbons (Fsp3) is 0.385. The highest BCUT2D eigenvalue weighted by Gasteiger charge is 2.34. The number of esters is 1. The zero-order valence-electron chi connectivity index (χ0n) is 11.0. The number of hydrogen-bond acceptors (Lipinski definition) is 4. The van der Waals surface area contributed by atoms with Crippen LogP contribution in [0.4, 0.5) is 4.79 Å². The Labute approximate surface area is 110 Å². The number of furan rings is 1. The summed E-state index contributed by atoms with van der Waals surface area (Å²) in [6.07, 6.45) is 1.26. The number of hydrogen-bond donors (Lipinski definition) is 2. The van der Waals surface area contributed by atoms with E-state index in [1.165, 1.54) is 6.26 Å². The van der Waals surface area contributed by atoms with E-state index in [2.05, 4.69) is 10.6 Å². The van der Waals surface area contributed by atoms with Crippen LogP contribution < -0.4 is 10.6 Å². The van der Waals surface area contributed by atoms with E-state index in [0.29, 0.717) is 17.0 Å². The first kappa shape index (κ1) is 13.2. The predicted octanol–water partition coefficient (Wildman–Crippen LogP) is 1.86. The molecule has 0 saturated heterocycles. The van der Waals surface area contributed by atoms with Gasteiger partial charge in [0.05, 0.1) is 17.9 Å². The van der Waals surface area contributed by atoms with E-state index >= 15 is 0 Å². The van der Waals surface area contributed by atoms with Crippen molar-refractivity contribution in [3.05, 3.63) is 35.4 Å². The molecular formula is C13H16N2O4. The summed E-state index contributed by atoms with van der Waals surface area (Å²) in [5.74, 6) is 0.0197. The molecule has 102 valence electrons. The van der Waals surface area contributed by atoms with Crippen molar-refractivity contribution in [3.8, 4) is 0 Å². The molecule has 1 atom stereocenters. The largest absolute Gasteiger partial charge is 0.467 e. The molecule has 1 aromatic heterocycles. The second kappa shape index (κ2) is 5.17. The minimum Gasteiger partial charge on any atom is -0.467 e. The van der Waals surface area contributed by atoms with Crippen molar-refractivity contribution in [2.45, 2.75) is 32.9 Å². The fourth-order valence-corrected chi connectivity index (χ4v) is 1.91. The Morgan fingerprint density at radius 3 is 2.79 bits per heavy atom. The van der Waals surface area contributed by atoms with Crippen molar-refractivity contribution in [3.63, 3.8) is 0 Å². The van der Waals surface area contributed by atoms with E-state index in [4.69, 9.17) is 9.15 Å². The van der Waals surface area contributed by atoms with Gasteiger partial charge in [0.1, 0.15) is 11.8 Å². The van der Waals surface area contributed by atoms with Crippen LogP contribution in [0, 0.1) is 0 Å². The fourth-order valence-electron chi connectivity index (χ4n) is 1.91. The van der Waals surface area contributed by atoms with Crippen LogP contribution >= 0.6 is 0 Å². The summed E-state index contributed by atoms with van der Waals surface area (Å²) in [5.41, 5.74) is 0.819. The molecule has 19 heavy (non-hydrogen) atoms. The molecule has 2 N–H and O–H groups in total. The van der Waals surface area contributed by atoms with Crippen LogP contribution in [-0.4, -0.2) is 18.1 Å². The van der Waals surface area contributed by atoms with Crippen molar-refractivity contribution in [2.24, 2.45) is 0 Å². The van der Waals surface area contributed by atoms with E-state index in [0.717, 1.165) is 0 Å². The van der Waals surface area contributed by atoms with Crippen molar-refractivity contribution < 1.29 is 18.7 Å². The summed E-state index contributed by atoms with van der Waals surface area (Å²) in [7, 11) is 0. The summed E-state index contributed by atoms with van der Waals surface area (Å²) >= 11 is 0. The van der Waals surface area contributed by atoms with Crippen molar-refractivity contribution in [1.29, 1.82) is 0 Å². The lowest BCUT2D eigenvalue weighted by Crippen LogP contribution is -2.45. The number of rotatable bonds is 3. The standard InChI is InChI=1S/C13H16N2O4/c1-7(2)19-12(16)10-8(3)14-13(17)15-11(10)9-5-4-6-18-9/h4-7,11H,1-3H3,(H2,14,15,17)/t11-/m1/s1. The third kappa shape index (κ3) is 2.78. The Morgan fingerprint density at radius 2 is 2.21 bits per heavy atom. The van der Waals surface area contributed by atoms with Gasteiger partial charge in [0.2, 0.25) is 0 Å². The van der Waals surface area contributed by atoms with Crippen LogP contribution in [0.15, 0.2) is 34.1 Å². The van der Waals surface area contributed by atoms with Crippen LogP contribution in [0.2, 0.25) is 0 Å². The molecular weight excluding hydrogens is 248 g/mol. The van der Waals surface area contributed by atoms with Crippen LogP contribution in [0.25, 0.3) is 0 Å². The summed E-state index contributed by atoms with van der Waals surface area (Å²) in [4.78, 5) is 23.6. The number of carbonyl (C=O) groups excluding carboxylic acids is 2. The molecule has 2 rings (SSSR count). The number of nitrogens with one attached hydrogen (secondary N) is 2. The highest BCUT2D eigenvalue weighted by Crippen LogP contribution is 2.27. The molecule has 0 saturated carbocycles. The van der Waals surface area contributed by atoms with Crippen LogP contribution in [0.5, 0.6) is 0 Å². The first-order chi connectivity index (χ1) is 8.99. The third-order valence-corrected chi connectivity index (χ3v) is 2.66. The van der Waals surface area contributed by atoms with Gasteiger partial charge in [-0.2, -0.15) is 0 Å². The molecule has 0 unspecified atom stereocenters. The second-order valence-electron chi connectivity index (χ2n) is 4.54. The van der Waals surface area contributed by atoms with Gasteiger partial charge < -0.3 is 19.8 Å². The number of allylic oxidation sites excluding steroid dienone is 1. The smallest absolute Gasteiger partial charge is 0.338 e. The van der Waals surface area contributed by atoms with E-state index in [-0.39, 0.29) is 12.1 Å².